The largest absolute Gasteiger partial charge is 0.508 e. The van der Waals surface area contributed by atoms with Gasteiger partial charge in [-0.05, 0) is 48.7 Å². The average Bonchev–Trinajstić information content (AvgIpc) is 3.03. The van der Waals surface area contributed by atoms with Crippen LogP contribution in [-0.4, -0.2) is 47.6 Å². The molecule has 26 heavy (non-hydrogen) atoms. The lowest BCUT2D eigenvalue weighted by Gasteiger charge is -2.34. The molecule has 1 aromatic carbocycles. The number of nitrogens with zero attached hydrogens (tertiary/aromatic N) is 2. The van der Waals surface area contributed by atoms with Crippen molar-refractivity contribution in [2.75, 3.05) is 32.7 Å². The van der Waals surface area contributed by atoms with Gasteiger partial charge in [-0.15, -0.1) is 0 Å². The van der Waals surface area contributed by atoms with Crippen LogP contribution < -0.4 is 0 Å². The fourth-order valence-electron chi connectivity index (χ4n) is 3.45. The first-order valence-electron chi connectivity index (χ1n) is 9.51. The number of phenols is 1. The summed E-state index contributed by atoms with van der Waals surface area (Å²) < 4.78 is 1.00. The standard InChI is InChI=1S/C20H28N2OS3/c1-3-5-8-21-9-11-22(12-10-21)14-16-13-15(6-7-18(16)23)19-17(4-2)20(24)26-25-19/h6-7,13,23H,3-5,8-12,14H2,1-2H3. The monoisotopic (exact) mass is 408 g/mol. The van der Waals surface area contributed by atoms with Crippen LogP contribution in [0.3, 0.4) is 0 Å². The molecular formula is C20H28N2OS3. The van der Waals surface area contributed by atoms with E-state index < -0.39 is 0 Å². The van der Waals surface area contributed by atoms with Gasteiger partial charge in [0.25, 0.3) is 0 Å². The van der Waals surface area contributed by atoms with Crippen molar-refractivity contribution in [3.8, 4) is 16.2 Å². The van der Waals surface area contributed by atoms with Crippen LogP contribution >= 0.6 is 32.9 Å². The molecule has 3 nitrogen and oxygen atoms in total. The molecule has 0 unspecified atom stereocenters. The highest BCUT2D eigenvalue weighted by molar-refractivity contribution is 7.80. The van der Waals surface area contributed by atoms with Crippen molar-refractivity contribution in [3.63, 3.8) is 0 Å². The molecule has 1 saturated heterocycles. The van der Waals surface area contributed by atoms with E-state index in [1.54, 1.807) is 20.7 Å². The molecule has 0 radical (unpaired) electrons. The lowest BCUT2D eigenvalue weighted by Crippen LogP contribution is -2.46. The summed E-state index contributed by atoms with van der Waals surface area (Å²) in [7, 11) is 3.44. The SMILES string of the molecule is CCCCN1CCN(Cc2cc(-c3ssc(=S)c3CC)ccc2O)CC1. The number of aromatic hydroxyl groups is 1. The predicted octanol–water partition coefficient (Wildman–Crippen LogP) is 5.39. The van der Waals surface area contributed by atoms with E-state index in [2.05, 4.69) is 29.7 Å². The number of piperazine rings is 1. The Morgan fingerprint density at radius 3 is 2.50 bits per heavy atom. The summed E-state index contributed by atoms with van der Waals surface area (Å²) in [4.78, 5) is 6.28. The van der Waals surface area contributed by atoms with E-state index in [4.69, 9.17) is 12.2 Å². The summed E-state index contributed by atoms with van der Waals surface area (Å²) in [5.74, 6) is 0.402. The lowest BCUT2D eigenvalue weighted by atomic mass is 10.0. The van der Waals surface area contributed by atoms with E-state index in [1.165, 1.54) is 35.4 Å². The first-order valence-corrected chi connectivity index (χ1v) is 12.1. The van der Waals surface area contributed by atoms with Crippen molar-refractivity contribution >= 4 is 32.9 Å². The molecule has 1 N–H and O–H groups in total. The van der Waals surface area contributed by atoms with Crippen molar-refractivity contribution < 1.29 is 5.11 Å². The lowest BCUT2D eigenvalue weighted by molar-refractivity contribution is 0.125. The van der Waals surface area contributed by atoms with Gasteiger partial charge in [0.05, 0.1) is 4.88 Å². The molecule has 2 heterocycles. The van der Waals surface area contributed by atoms with Gasteiger partial charge in [-0.3, -0.25) is 4.90 Å². The summed E-state index contributed by atoms with van der Waals surface area (Å²) in [5.41, 5.74) is 3.49. The normalized spacial score (nSPS) is 16.2. The molecule has 3 rings (SSSR count). The summed E-state index contributed by atoms with van der Waals surface area (Å²) in [6, 6.07) is 6.02. The van der Waals surface area contributed by atoms with E-state index >= 15 is 0 Å². The maximum Gasteiger partial charge on any atom is 0.120 e. The fraction of sp³-hybridized carbons (Fsp3) is 0.550. The third-order valence-corrected chi connectivity index (χ3v) is 8.30. The van der Waals surface area contributed by atoms with Crippen LogP contribution in [0.4, 0.5) is 0 Å². The molecule has 1 fully saturated rings. The minimum atomic E-state index is 0.402. The zero-order valence-corrected chi connectivity index (χ0v) is 18.1. The first-order chi connectivity index (χ1) is 12.6. The second-order valence-electron chi connectivity index (χ2n) is 6.93. The summed E-state index contributed by atoms with van der Waals surface area (Å²) in [6.07, 6.45) is 3.51. The second-order valence-corrected chi connectivity index (χ2v) is 9.75. The molecule has 6 heteroatoms. The van der Waals surface area contributed by atoms with Gasteiger partial charge in [-0.2, -0.15) is 0 Å². The molecule has 0 aliphatic carbocycles. The van der Waals surface area contributed by atoms with Crippen LogP contribution in [0.2, 0.25) is 0 Å². The third-order valence-electron chi connectivity index (χ3n) is 5.10. The number of hydrogen-bond acceptors (Lipinski definition) is 6. The summed E-state index contributed by atoms with van der Waals surface area (Å²) in [6.45, 7) is 10.9. The highest BCUT2D eigenvalue weighted by atomic mass is 32.9. The Bertz CT molecular complexity index is 776. The number of hydrogen-bond donors (Lipinski definition) is 1. The van der Waals surface area contributed by atoms with E-state index in [9.17, 15) is 5.11 Å². The molecule has 142 valence electrons. The second kappa shape index (κ2) is 9.42. The topological polar surface area (TPSA) is 26.7 Å². The molecule has 1 aromatic heterocycles. The van der Waals surface area contributed by atoms with E-state index in [0.29, 0.717) is 5.75 Å². The number of unbranched alkanes of at least 4 members (excludes halogenated alkanes) is 1. The summed E-state index contributed by atoms with van der Waals surface area (Å²) >= 11 is 5.47. The van der Waals surface area contributed by atoms with Crippen LogP contribution in [0.5, 0.6) is 5.75 Å². The van der Waals surface area contributed by atoms with Gasteiger partial charge >= 0.3 is 0 Å². The molecule has 2 aromatic rings. The Hall–Kier alpha value is -0.790. The smallest absolute Gasteiger partial charge is 0.120 e. The van der Waals surface area contributed by atoms with Gasteiger partial charge < -0.3 is 10.0 Å². The van der Waals surface area contributed by atoms with Crippen LogP contribution in [0.15, 0.2) is 18.2 Å². The van der Waals surface area contributed by atoms with Crippen LogP contribution in [-0.2, 0) is 13.0 Å². The Morgan fingerprint density at radius 1 is 1.08 bits per heavy atom. The molecule has 0 saturated carbocycles. The van der Waals surface area contributed by atoms with E-state index in [0.717, 1.165) is 48.5 Å². The van der Waals surface area contributed by atoms with Crippen molar-refractivity contribution in [2.24, 2.45) is 0 Å². The van der Waals surface area contributed by atoms with Gasteiger partial charge in [0.2, 0.25) is 0 Å². The van der Waals surface area contributed by atoms with Crippen LogP contribution in [0.1, 0.15) is 37.8 Å². The average molecular weight is 409 g/mol. The minimum absolute atomic E-state index is 0.402. The Morgan fingerprint density at radius 2 is 1.81 bits per heavy atom. The van der Waals surface area contributed by atoms with Gasteiger partial charge in [0.15, 0.2) is 0 Å². The number of rotatable bonds is 7. The quantitative estimate of drug-likeness (QED) is 0.491. The minimum Gasteiger partial charge on any atom is -0.508 e. The van der Waals surface area contributed by atoms with Gasteiger partial charge in [0, 0.05) is 38.3 Å². The van der Waals surface area contributed by atoms with Crippen molar-refractivity contribution in [2.45, 2.75) is 39.7 Å². The van der Waals surface area contributed by atoms with Gasteiger partial charge in [-0.1, -0.05) is 53.2 Å². The van der Waals surface area contributed by atoms with Gasteiger partial charge in [-0.25, -0.2) is 0 Å². The molecule has 1 aliphatic heterocycles. The molecule has 0 atom stereocenters. The highest BCUT2D eigenvalue weighted by Gasteiger charge is 2.18. The van der Waals surface area contributed by atoms with E-state index in [1.807, 2.05) is 12.1 Å². The van der Waals surface area contributed by atoms with E-state index in [-0.39, 0.29) is 0 Å². The zero-order chi connectivity index (χ0) is 18.5. The molecule has 0 amide bonds. The maximum atomic E-state index is 10.4. The van der Waals surface area contributed by atoms with Crippen LogP contribution in [0, 0.1) is 3.82 Å². The Balaban J connectivity index is 1.70. The van der Waals surface area contributed by atoms with Crippen LogP contribution in [0.25, 0.3) is 10.4 Å². The maximum absolute atomic E-state index is 10.4. The molecule has 0 spiro atoms. The highest BCUT2D eigenvalue weighted by Crippen LogP contribution is 2.37. The number of benzene rings is 1. The summed E-state index contributed by atoms with van der Waals surface area (Å²) in [5, 5.41) is 10.4. The predicted molar refractivity (Wildman–Crippen MR) is 116 cm³/mol. The fourth-order valence-corrected chi connectivity index (χ4v) is 6.57. The van der Waals surface area contributed by atoms with Crippen molar-refractivity contribution in [3.05, 3.63) is 33.1 Å². The molecule has 0 bridgehead atoms. The Labute approximate surface area is 169 Å². The molecular weight excluding hydrogens is 380 g/mol. The third kappa shape index (κ3) is 4.73. The van der Waals surface area contributed by atoms with Crippen molar-refractivity contribution in [1.82, 2.24) is 9.80 Å². The Kier molecular flexibility index (Phi) is 7.23. The van der Waals surface area contributed by atoms with Crippen molar-refractivity contribution in [1.29, 1.82) is 0 Å². The number of phenolic OH excluding ortho intramolecular Hbond substituents is 1. The van der Waals surface area contributed by atoms with Gasteiger partial charge in [0.1, 0.15) is 9.57 Å². The first kappa shape index (κ1) is 20.0. The zero-order valence-electron chi connectivity index (χ0n) is 15.7. The molecule has 1 aliphatic rings.